The molecule has 0 spiro atoms. The lowest BCUT2D eigenvalue weighted by atomic mass is 10.0. The van der Waals surface area contributed by atoms with Crippen LogP contribution in [0.25, 0.3) is 0 Å². The van der Waals surface area contributed by atoms with Crippen molar-refractivity contribution in [1.29, 1.82) is 0 Å². The van der Waals surface area contributed by atoms with Crippen molar-refractivity contribution in [2.45, 2.75) is 33.2 Å². The largest absolute Gasteiger partial charge is 0.354 e. The van der Waals surface area contributed by atoms with Crippen molar-refractivity contribution in [2.75, 3.05) is 13.1 Å². The number of benzene rings is 1. The van der Waals surface area contributed by atoms with Crippen molar-refractivity contribution in [1.82, 2.24) is 16.0 Å². The Labute approximate surface area is 134 Å². The van der Waals surface area contributed by atoms with Gasteiger partial charge in [-0.3, -0.25) is 4.79 Å². The Morgan fingerprint density at radius 2 is 1.78 bits per heavy atom. The molecule has 0 heterocycles. The molecule has 0 unspecified atom stereocenters. The minimum atomic E-state index is -0.629. The lowest BCUT2D eigenvalue weighted by Gasteiger charge is -2.19. The molecule has 0 fully saturated rings. The number of hydrogen-bond acceptors (Lipinski definition) is 2. The first-order valence-corrected chi connectivity index (χ1v) is 7.62. The SMILES string of the molecule is CC[C@H](NC(=O)NCCNC(=O)C(C)C)c1cc(F)ccc1F. The van der Waals surface area contributed by atoms with Crippen molar-refractivity contribution in [2.24, 2.45) is 5.92 Å². The third-order valence-corrected chi connectivity index (χ3v) is 3.28. The summed E-state index contributed by atoms with van der Waals surface area (Å²) in [4.78, 5) is 23.2. The number of amides is 3. The van der Waals surface area contributed by atoms with Gasteiger partial charge >= 0.3 is 6.03 Å². The monoisotopic (exact) mass is 327 g/mol. The molecule has 0 aromatic heterocycles. The topological polar surface area (TPSA) is 70.2 Å². The van der Waals surface area contributed by atoms with E-state index in [1.54, 1.807) is 20.8 Å². The molecular formula is C16H23F2N3O2. The van der Waals surface area contributed by atoms with E-state index in [1.165, 1.54) is 0 Å². The molecule has 0 saturated heterocycles. The number of carbonyl (C=O) groups excluding carboxylic acids is 2. The van der Waals surface area contributed by atoms with Gasteiger partial charge in [0.2, 0.25) is 5.91 Å². The van der Waals surface area contributed by atoms with Gasteiger partial charge in [-0.25, -0.2) is 13.6 Å². The first-order valence-electron chi connectivity index (χ1n) is 7.62. The number of hydrogen-bond donors (Lipinski definition) is 3. The average Bonchev–Trinajstić information content (AvgIpc) is 2.51. The average molecular weight is 327 g/mol. The molecule has 1 aromatic carbocycles. The van der Waals surface area contributed by atoms with Crippen LogP contribution in [0.1, 0.15) is 38.8 Å². The lowest BCUT2D eigenvalue weighted by Crippen LogP contribution is -2.42. The Morgan fingerprint density at radius 3 is 2.39 bits per heavy atom. The smallest absolute Gasteiger partial charge is 0.315 e. The summed E-state index contributed by atoms with van der Waals surface area (Å²) in [5.74, 6) is -1.34. The number of rotatable bonds is 7. The van der Waals surface area contributed by atoms with Crippen LogP contribution in [0.5, 0.6) is 0 Å². The van der Waals surface area contributed by atoms with Crippen LogP contribution in [0.3, 0.4) is 0 Å². The van der Waals surface area contributed by atoms with Gasteiger partial charge < -0.3 is 16.0 Å². The van der Waals surface area contributed by atoms with Gasteiger partial charge in [-0.2, -0.15) is 0 Å². The van der Waals surface area contributed by atoms with E-state index in [1.807, 2.05) is 0 Å². The molecule has 0 aliphatic heterocycles. The van der Waals surface area contributed by atoms with Crippen LogP contribution in [-0.4, -0.2) is 25.0 Å². The van der Waals surface area contributed by atoms with E-state index in [9.17, 15) is 18.4 Å². The van der Waals surface area contributed by atoms with E-state index in [2.05, 4.69) is 16.0 Å². The molecule has 1 atom stereocenters. The highest BCUT2D eigenvalue weighted by Gasteiger charge is 2.17. The first kappa shape index (κ1) is 18.9. The third kappa shape index (κ3) is 6.22. The summed E-state index contributed by atoms with van der Waals surface area (Å²) in [6.07, 6.45) is 0.415. The Hall–Kier alpha value is -2.18. The van der Waals surface area contributed by atoms with Crippen LogP contribution in [0.15, 0.2) is 18.2 Å². The zero-order chi connectivity index (χ0) is 17.4. The molecule has 3 N–H and O–H groups in total. The first-order chi connectivity index (χ1) is 10.8. The van der Waals surface area contributed by atoms with E-state index in [4.69, 9.17) is 0 Å². The van der Waals surface area contributed by atoms with Gasteiger partial charge in [-0.1, -0.05) is 20.8 Å². The van der Waals surface area contributed by atoms with Gasteiger partial charge in [0.1, 0.15) is 11.6 Å². The van der Waals surface area contributed by atoms with Crippen LogP contribution < -0.4 is 16.0 Å². The van der Waals surface area contributed by atoms with E-state index >= 15 is 0 Å². The second kappa shape index (κ2) is 9.07. The predicted molar refractivity (Wildman–Crippen MR) is 83.8 cm³/mol. The predicted octanol–water partition coefficient (Wildman–Crippen LogP) is 2.49. The Bertz CT molecular complexity index is 550. The van der Waals surface area contributed by atoms with E-state index < -0.39 is 23.7 Å². The number of urea groups is 1. The summed E-state index contributed by atoms with van der Waals surface area (Å²) in [5.41, 5.74) is 0.107. The molecule has 5 nitrogen and oxygen atoms in total. The van der Waals surface area contributed by atoms with Gasteiger partial charge in [0.05, 0.1) is 6.04 Å². The standard InChI is InChI=1S/C16H23F2N3O2/c1-4-14(12-9-11(17)5-6-13(12)18)21-16(23)20-8-7-19-15(22)10(2)3/h5-6,9-10,14H,4,7-8H2,1-3H3,(H,19,22)(H2,20,21,23)/t14-/m0/s1. The molecule has 0 radical (unpaired) electrons. The van der Waals surface area contributed by atoms with Crippen molar-refractivity contribution in [3.8, 4) is 0 Å². The third-order valence-electron chi connectivity index (χ3n) is 3.28. The van der Waals surface area contributed by atoms with Gasteiger partial charge in [0, 0.05) is 24.6 Å². The fourth-order valence-electron chi connectivity index (χ4n) is 1.96. The van der Waals surface area contributed by atoms with Crippen molar-refractivity contribution in [3.63, 3.8) is 0 Å². The molecule has 3 amide bonds. The van der Waals surface area contributed by atoms with Gasteiger partial charge in [0.15, 0.2) is 0 Å². The maximum absolute atomic E-state index is 13.7. The molecule has 0 saturated carbocycles. The zero-order valence-corrected chi connectivity index (χ0v) is 13.6. The lowest BCUT2D eigenvalue weighted by molar-refractivity contribution is -0.123. The second-order valence-electron chi connectivity index (χ2n) is 5.47. The molecule has 7 heteroatoms. The van der Waals surface area contributed by atoms with E-state index in [0.29, 0.717) is 13.0 Å². The van der Waals surface area contributed by atoms with E-state index in [0.717, 1.165) is 18.2 Å². The summed E-state index contributed by atoms with van der Waals surface area (Å²) < 4.78 is 27.0. The summed E-state index contributed by atoms with van der Waals surface area (Å²) >= 11 is 0. The maximum atomic E-state index is 13.7. The summed E-state index contributed by atoms with van der Waals surface area (Å²) in [6.45, 7) is 5.85. The van der Waals surface area contributed by atoms with Gasteiger partial charge in [0.25, 0.3) is 0 Å². The molecular weight excluding hydrogens is 304 g/mol. The minimum absolute atomic E-state index is 0.0968. The van der Waals surface area contributed by atoms with Crippen LogP contribution in [0, 0.1) is 17.6 Å². The van der Waals surface area contributed by atoms with Crippen LogP contribution in [-0.2, 0) is 4.79 Å². The highest BCUT2D eigenvalue weighted by molar-refractivity contribution is 5.78. The molecule has 1 aromatic rings. The number of halogens is 2. The molecule has 128 valence electrons. The highest BCUT2D eigenvalue weighted by atomic mass is 19.1. The van der Waals surface area contributed by atoms with Gasteiger partial charge in [-0.05, 0) is 24.6 Å². The van der Waals surface area contributed by atoms with Gasteiger partial charge in [-0.15, -0.1) is 0 Å². The quantitative estimate of drug-likeness (QED) is 0.673. The zero-order valence-electron chi connectivity index (χ0n) is 13.6. The van der Waals surface area contributed by atoms with E-state index in [-0.39, 0.29) is 23.9 Å². The Kier molecular flexibility index (Phi) is 7.44. The molecule has 23 heavy (non-hydrogen) atoms. The Balaban J connectivity index is 2.48. The molecule has 1 rings (SSSR count). The summed E-state index contributed by atoms with van der Waals surface area (Å²) in [6, 6.07) is 2.01. The number of nitrogens with one attached hydrogen (secondary N) is 3. The maximum Gasteiger partial charge on any atom is 0.315 e. The highest BCUT2D eigenvalue weighted by Crippen LogP contribution is 2.20. The second-order valence-corrected chi connectivity index (χ2v) is 5.47. The molecule has 0 bridgehead atoms. The van der Waals surface area contributed by atoms with Crippen LogP contribution in [0.2, 0.25) is 0 Å². The summed E-state index contributed by atoms with van der Waals surface area (Å²) in [5, 5.41) is 7.82. The molecule has 0 aliphatic rings. The van der Waals surface area contributed by atoms with Crippen LogP contribution >= 0.6 is 0 Å². The van der Waals surface area contributed by atoms with Crippen LogP contribution in [0.4, 0.5) is 13.6 Å². The fraction of sp³-hybridized carbons (Fsp3) is 0.500. The van der Waals surface area contributed by atoms with Crippen molar-refractivity contribution < 1.29 is 18.4 Å². The summed E-state index contributed by atoms with van der Waals surface area (Å²) in [7, 11) is 0. The van der Waals surface area contributed by atoms with Crippen molar-refractivity contribution >= 4 is 11.9 Å². The minimum Gasteiger partial charge on any atom is -0.354 e. The normalized spacial score (nSPS) is 11.9. The molecule has 0 aliphatic carbocycles. The Morgan fingerprint density at radius 1 is 1.13 bits per heavy atom. The van der Waals surface area contributed by atoms with Crippen molar-refractivity contribution in [3.05, 3.63) is 35.4 Å². The fourth-order valence-corrected chi connectivity index (χ4v) is 1.96. The number of carbonyl (C=O) groups is 2.